The van der Waals surface area contributed by atoms with Gasteiger partial charge in [0.05, 0.1) is 0 Å². The van der Waals surface area contributed by atoms with Crippen molar-refractivity contribution < 1.29 is 54.2 Å². The summed E-state index contributed by atoms with van der Waals surface area (Å²) < 4.78 is 36.5. The molecule has 1 atom stereocenters. The predicted molar refractivity (Wildman–Crippen MR) is 72.9 cm³/mol. The maximum atomic E-state index is 12.2. The number of halogens is 4. The van der Waals surface area contributed by atoms with Gasteiger partial charge in [-0.1, -0.05) is 44.9 Å². The van der Waals surface area contributed by atoms with Crippen LogP contribution in [-0.2, 0) is 4.79 Å². The van der Waals surface area contributed by atoms with E-state index in [0.717, 1.165) is 38.5 Å². The van der Waals surface area contributed by atoms with Gasteiger partial charge in [0.25, 0.3) is 0 Å². The average molecular weight is 551 g/mol. The fourth-order valence-electron chi connectivity index (χ4n) is 1.86. The van der Waals surface area contributed by atoms with Crippen molar-refractivity contribution in [3.05, 3.63) is 18.6 Å². The Bertz CT molecular complexity index is 314. The molecule has 1 unspecified atom stereocenters. The molecule has 1 saturated carbocycles. The van der Waals surface area contributed by atoms with Crippen LogP contribution in [0.3, 0.4) is 0 Å². The number of allylic oxidation sites excluding steroid dienone is 1. The van der Waals surface area contributed by atoms with Crippen molar-refractivity contribution in [2.24, 2.45) is 5.92 Å². The molecule has 0 aromatic carbocycles. The Morgan fingerprint density at radius 1 is 1.38 bits per heavy atom. The molecule has 0 aromatic rings. The third kappa shape index (κ3) is 10.8. The molecule has 0 saturated heterocycles. The zero-order chi connectivity index (χ0) is 15.8. The third-order valence-corrected chi connectivity index (χ3v) is 3.39. The second-order valence-electron chi connectivity index (χ2n) is 5.00. The molecule has 0 bridgehead atoms. The van der Waals surface area contributed by atoms with Crippen LogP contribution in [0.2, 0.25) is 0 Å². The Hall–Kier alpha value is 0.502. The second kappa shape index (κ2) is 11.1. The number of hydrogen-bond donors (Lipinski definition) is 1. The van der Waals surface area contributed by atoms with E-state index >= 15 is 0 Å². The average Bonchev–Trinajstić information content (AvgIpc) is 2.37. The molecule has 0 heterocycles. The van der Waals surface area contributed by atoms with Crippen molar-refractivity contribution >= 4 is 17.9 Å². The second-order valence-corrected chi connectivity index (χ2v) is 5.57. The van der Waals surface area contributed by atoms with E-state index in [2.05, 4.69) is 6.58 Å². The smallest absolute Gasteiger partial charge is 0.419 e. The normalized spacial score (nSPS) is 18.6. The summed E-state index contributed by atoms with van der Waals surface area (Å²) in [5, 5.41) is 5.80. The molecular formula is C14H20ClF3O2U. The molecule has 1 aliphatic carbocycles. The van der Waals surface area contributed by atoms with E-state index in [4.69, 9.17) is 16.7 Å². The molecule has 0 radical (unpaired) electrons. The zero-order valence-electron chi connectivity index (χ0n) is 12.0. The van der Waals surface area contributed by atoms with Crippen LogP contribution in [-0.4, -0.2) is 22.6 Å². The van der Waals surface area contributed by atoms with Gasteiger partial charge in [-0.2, -0.15) is 25.2 Å². The Balaban J connectivity index is 0. The van der Waals surface area contributed by atoms with Crippen LogP contribution in [0, 0.1) is 43.5 Å². The SMILES string of the molecule is C=C(C)[C-]=O.OC(Cl)([CH-]CC1CCCCC1)C(F)(F)F.[U+2]. The number of hydrogen-bond acceptors (Lipinski definition) is 2. The van der Waals surface area contributed by atoms with Gasteiger partial charge in [0.2, 0.25) is 0 Å². The van der Waals surface area contributed by atoms with Crippen LogP contribution in [0.4, 0.5) is 13.2 Å². The van der Waals surface area contributed by atoms with Gasteiger partial charge >= 0.3 is 37.3 Å². The first-order chi connectivity index (χ1) is 9.10. The molecule has 1 N–H and O–H groups in total. The van der Waals surface area contributed by atoms with Crippen LogP contribution in [0.5, 0.6) is 0 Å². The Kier molecular flexibility index (Phi) is 12.6. The quantitative estimate of drug-likeness (QED) is 0.322. The van der Waals surface area contributed by atoms with Crippen molar-refractivity contribution in [2.75, 3.05) is 0 Å². The molecule has 7 heteroatoms. The number of carbonyl (C=O) groups excluding carboxylic acids is 1. The van der Waals surface area contributed by atoms with E-state index in [0.29, 0.717) is 5.57 Å². The van der Waals surface area contributed by atoms with E-state index in [9.17, 15) is 18.0 Å². The molecule has 1 fully saturated rings. The molecule has 0 aromatic heterocycles. The van der Waals surface area contributed by atoms with Gasteiger partial charge in [-0.15, -0.1) is 11.6 Å². The van der Waals surface area contributed by atoms with Crippen LogP contribution >= 0.6 is 11.6 Å². The maximum Gasteiger partial charge on any atom is 2.00 e. The molecule has 1 rings (SSSR count). The minimum Gasteiger partial charge on any atom is -0.419 e. The van der Waals surface area contributed by atoms with E-state index in [1.54, 1.807) is 13.2 Å². The number of alkyl halides is 4. The Morgan fingerprint density at radius 2 is 1.81 bits per heavy atom. The first-order valence-electron chi connectivity index (χ1n) is 6.46. The van der Waals surface area contributed by atoms with Crippen molar-refractivity contribution in [1.29, 1.82) is 0 Å². The van der Waals surface area contributed by atoms with E-state index in [1.807, 2.05) is 0 Å². The monoisotopic (exact) mass is 550 g/mol. The molecule has 0 amide bonds. The molecule has 0 aliphatic heterocycles. The van der Waals surface area contributed by atoms with Crippen LogP contribution in [0.25, 0.3) is 0 Å². The van der Waals surface area contributed by atoms with Gasteiger partial charge in [0.15, 0.2) is 0 Å². The van der Waals surface area contributed by atoms with E-state index in [1.165, 1.54) is 0 Å². The fourth-order valence-corrected chi connectivity index (χ4v) is 1.95. The first kappa shape index (κ1) is 23.8. The number of aliphatic hydroxyl groups is 1. The topological polar surface area (TPSA) is 37.3 Å². The number of rotatable bonds is 4. The van der Waals surface area contributed by atoms with Crippen LogP contribution < -0.4 is 0 Å². The fraction of sp³-hybridized carbons (Fsp3) is 0.714. The van der Waals surface area contributed by atoms with Crippen molar-refractivity contribution in [3.8, 4) is 0 Å². The molecule has 0 spiro atoms. The van der Waals surface area contributed by atoms with Crippen molar-refractivity contribution in [3.63, 3.8) is 0 Å². The minimum atomic E-state index is -4.79. The van der Waals surface area contributed by atoms with Crippen molar-refractivity contribution in [2.45, 2.75) is 56.7 Å². The summed E-state index contributed by atoms with van der Waals surface area (Å²) in [6.45, 7) is 4.85. The summed E-state index contributed by atoms with van der Waals surface area (Å²) in [5.41, 5.74) is 0.449. The summed E-state index contributed by atoms with van der Waals surface area (Å²) >= 11 is 5.01. The van der Waals surface area contributed by atoms with Gasteiger partial charge in [-0.25, -0.2) is 6.58 Å². The maximum absolute atomic E-state index is 12.2. The van der Waals surface area contributed by atoms with E-state index in [-0.39, 0.29) is 43.5 Å². The molecule has 2 nitrogen and oxygen atoms in total. The molecule has 1 aliphatic rings. The standard InChI is InChI=1S/C10H15ClF3O.C4H5O.U/c11-9(15,10(12,13)14)7-6-8-4-2-1-3-5-8;1-4(2)3-5;/h7-8,15H,1-6H2;1H2,2H3;/q2*-1;+2. The molecular weight excluding hydrogens is 531 g/mol. The summed E-state index contributed by atoms with van der Waals surface area (Å²) in [4.78, 5) is 9.28. The Labute approximate surface area is 152 Å². The summed E-state index contributed by atoms with van der Waals surface area (Å²) in [6.07, 6.45) is 2.95. The van der Waals surface area contributed by atoms with Crippen molar-refractivity contribution in [1.82, 2.24) is 0 Å². The third-order valence-electron chi connectivity index (χ3n) is 3.02. The van der Waals surface area contributed by atoms with Gasteiger partial charge in [0.1, 0.15) is 5.06 Å². The van der Waals surface area contributed by atoms with Crippen LogP contribution in [0.15, 0.2) is 12.2 Å². The van der Waals surface area contributed by atoms with Gasteiger partial charge < -0.3 is 9.90 Å². The Morgan fingerprint density at radius 3 is 2.14 bits per heavy atom. The van der Waals surface area contributed by atoms with E-state index < -0.39 is 11.2 Å². The van der Waals surface area contributed by atoms with Gasteiger partial charge in [-0.05, 0) is 6.29 Å². The minimum absolute atomic E-state index is 0. The first-order valence-corrected chi connectivity index (χ1v) is 6.84. The largest absolute Gasteiger partial charge is 2.00 e. The summed E-state index contributed by atoms with van der Waals surface area (Å²) in [7, 11) is 0. The van der Waals surface area contributed by atoms with Gasteiger partial charge in [0, 0.05) is 0 Å². The predicted octanol–water partition coefficient (Wildman–Crippen LogP) is 4.32. The molecule has 21 heavy (non-hydrogen) atoms. The van der Waals surface area contributed by atoms with Gasteiger partial charge in [-0.3, -0.25) is 6.42 Å². The summed E-state index contributed by atoms with van der Waals surface area (Å²) in [6, 6.07) is 0. The molecule has 120 valence electrons. The zero-order valence-corrected chi connectivity index (χ0v) is 16.9. The summed E-state index contributed by atoms with van der Waals surface area (Å²) in [5.74, 6) is 0.242. The van der Waals surface area contributed by atoms with Crippen LogP contribution in [0.1, 0.15) is 45.4 Å².